The molecule has 0 aromatic heterocycles. The first-order valence-electron chi connectivity index (χ1n) is 6.75. The highest BCUT2D eigenvalue weighted by atomic mass is 16.1. The maximum Gasteiger partial charge on any atom is 0.221 e. The van der Waals surface area contributed by atoms with Gasteiger partial charge in [-0.05, 0) is 31.2 Å². The van der Waals surface area contributed by atoms with Gasteiger partial charge in [0.2, 0.25) is 5.91 Å². The van der Waals surface area contributed by atoms with Crippen molar-refractivity contribution < 1.29 is 4.79 Å². The van der Waals surface area contributed by atoms with Crippen molar-refractivity contribution in [1.82, 2.24) is 10.2 Å². The van der Waals surface area contributed by atoms with Gasteiger partial charge in [0.1, 0.15) is 0 Å². The monoisotopic (exact) mass is 239 g/mol. The van der Waals surface area contributed by atoms with E-state index in [-0.39, 0.29) is 11.3 Å². The van der Waals surface area contributed by atoms with Gasteiger partial charge < -0.3 is 16.0 Å². The number of nitrogens with one attached hydrogen (secondary N) is 1. The van der Waals surface area contributed by atoms with Gasteiger partial charge in [-0.2, -0.15) is 0 Å². The van der Waals surface area contributed by atoms with Crippen LogP contribution in [0.25, 0.3) is 0 Å². The van der Waals surface area contributed by atoms with Gasteiger partial charge in [-0.1, -0.05) is 13.8 Å². The lowest BCUT2D eigenvalue weighted by atomic mass is 9.80. The molecule has 1 saturated heterocycles. The normalized spacial score (nSPS) is 29.0. The highest BCUT2D eigenvalue weighted by molar-refractivity contribution is 5.76. The third kappa shape index (κ3) is 3.68. The fourth-order valence-corrected chi connectivity index (χ4v) is 2.46. The second-order valence-electron chi connectivity index (χ2n) is 6.25. The van der Waals surface area contributed by atoms with Crippen LogP contribution in [0.4, 0.5) is 0 Å². The van der Waals surface area contributed by atoms with Crippen LogP contribution in [-0.4, -0.2) is 42.5 Å². The van der Waals surface area contributed by atoms with Gasteiger partial charge in [0.05, 0.1) is 0 Å². The molecule has 0 aromatic rings. The summed E-state index contributed by atoms with van der Waals surface area (Å²) in [5.74, 6) is 0.208. The predicted molar refractivity (Wildman–Crippen MR) is 68.6 cm³/mol. The summed E-state index contributed by atoms with van der Waals surface area (Å²) < 4.78 is 0. The zero-order chi connectivity index (χ0) is 12.5. The topological polar surface area (TPSA) is 58.4 Å². The molecule has 1 saturated carbocycles. The highest BCUT2D eigenvalue weighted by Gasteiger charge is 2.33. The average Bonchev–Trinajstić information content (AvgIpc) is 3.03. The summed E-state index contributed by atoms with van der Waals surface area (Å²) in [7, 11) is 0. The van der Waals surface area contributed by atoms with Crippen LogP contribution < -0.4 is 11.1 Å². The Morgan fingerprint density at radius 2 is 2.12 bits per heavy atom. The molecule has 0 spiro atoms. The Kier molecular flexibility index (Phi) is 3.73. The van der Waals surface area contributed by atoms with Crippen molar-refractivity contribution in [2.45, 2.75) is 51.6 Å². The molecule has 4 heteroatoms. The minimum absolute atomic E-state index is 0.172. The Morgan fingerprint density at radius 3 is 2.71 bits per heavy atom. The summed E-state index contributed by atoms with van der Waals surface area (Å²) >= 11 is 0. The van der Waals surface area contributed by atoms with E-state index in [1.54, 1.807) is 0 Å². The smallest absolute Gasteiger partial charge is 0.221 e. The van der Waals surface area contributed by atoms with E-state index < -0.39 is 0 Å². The number of carbonyl (C=O) groups excluding carboxylic acids is 1. The van der Waals surface area contributed by atoms with Gasteiger partial charge >= 0.3 is 0 Å². The van der Waals surface area contributed by atoms with E-state index in [4.69, 9.17) is 5.73 Å². The van der Waals surface area contributed by atoms with Crippen LogP contribution in [0, 0.1) is 5.41 Å². The SMILES string of the molecule is CC1(C)CN(CCC(=O)NC2CC2)CCC1N. The number of likely N-dealkylation sites (tertiary alicyclic amines) is 1. The van der Waals surface area contributed by atoms with Crippen LogP contribution in [0.15, 0.2) is 0 Å². The minimum Gasteiger partial charge on any atom is -0.353 e. The molecule has 2 aliphatic rings. The molecule has 17 heavy (non-hydrogen) atoms. The van der Waals surface area contributed by atoms with Crippen molar-refractivity contribution in [3.63, 3.8) is 0 Å². The summed E-state index contributed by atoms with van der Waals surface area (Å²) in [5, 5.41) is 3.03. The van der Waals surface area contributed by atoms with Gasteiger partial charge in [-0.3, -0.25) is 4.79 Å². The number of hydrogen-bond acceptors (Lipinski definition) is 3. The first-order valence-corrected chi connectivity index (χ1v) is 6.75. The van der Waals surface area contributed by atoms with Crippen molar-refractivity contribution in [2.75, 3.05) is 19.6 Å². The number of hydrogen-bond donors (Lipinski definition) is 2. The van der Waals surface area contributed by atoms with Crippen molar-refractivity contribution >= 4 is 5.91 Å². The molecule has 0 radical (unpaired) electrons. The summed E-state index contributed by atoms with van der Waals surface area (Å²) in [6, 6.07) is 0.771. The largest absolute Gasteiger partial charge is 0.353 e. The van der Waals surface area contributed by atoms with Gasteiger partial charge in [0.25, 0.3) is 0 Å². The molecule has 1 aliphatic heterocycles. The van der Waals surface area contributed by atoms with Crippen LogP contribution >= 0.6 is 0 Å². The summed E-state index contributed by atoms with van der Waals surface area (Å²) in [6.45, 7) is 7.34. The molecular weight excluding hydrogens is 214 g/mol. The maximum absolute atomic E-state index is 11.6. The van der Waals surface area contributed by atoms with Gasteiger partial charge in [0.15, 0.2) is 0 Å². The summed E-state index contributed by atoms with van der Waals surface area (Å²) in [5.41, 5.74) is 6.27. The van der Waals surface area contributed by atoms with E-state index in [2.05, 4.69) is 24.1 Å². The number of amides is 1. The number of nitrogens with two attached hydrogens (primary N) is 1. The van der Waals surface area contributed by atoms with Crippen molar-refractivity contribution in [2.24, 2.45) is 11.1 Å². The molecule has 0 bridgehead atoms. The Bertz CT molecular complexity index is 286. The molecule has 4 nitrogen and oxygen atoms in total. The molecule has 3 N–H and O–H groups in total. The average molecular weight is 239 g/mol. The van der Waals surface area contributed by atoms with Crippen LogP contribution in [0.3, 0.4) is 0 Å². The standard InChI is InChI=1S/C13H25N3O/c1-13(2)9-16(7-5-11(13)14)8-6-12(17)15-10-3-4-10/h10-11H,3-9,14H2,1-2H3,(H,15,17). The molecule has 0 aromatic carbocycles. The fraction of sp³-hybridized carbons (Fsp3) is 0.923. The lowest BCUT2D eigenvalue weighted by molar-refractivity contribution is -0.121. The number of rotatable bonds is 4. The molecule has 98 valence electrons. The highest BCUT2D eigenvalue weighted by Crippen LogP contribution is 2.27. The summed E-state index contributed by atoms with van der Waals surface area (Å²) in [6.07, 6.45) is 3.99. The van der Waals surface area contributed by atoms with Crippen molar-refractivity contribution in [1.29, 1.82) is 0 Å². The first-order chi connectivity index (χ1) is 7.97. The summed E-state index contributed by atoms with van der Waals surface area (Å²) in [4.78, 5) is 14.0. The van der Waals surface area contributed by atoms with Crippen molar-refractivity contribution in [3.8, 4) is 0 Å². The van der Waals surface area contributed by atoms with E-state index >= 15 is 0 Å². The van der Waals surface area contributed by atoms with E-state index in [1.165, 1.54) is 0 Å². The Morgan fingerprint density at radius 1 is 1.41 bits per heavy atom. The zero-order valence-corrected chi connectivity index (χ0v) is 11.0. The van der Waals surface area contributed by atoms with E-state index in [0.29, 0.717) is 18.5 Å². The van der Waals surface area contributed by atoms with E-state index in [0.717, 1.165) is 38.9 Å². The van der Waals surface area contributed by atoms with Crippen molar-refractivity contribution in [3.05, 3.63) is 0 Å². The van der Waals surface area contributed by atoms with Crippen LogP contribution in [0.1, 0.15) is 39.5 Å². The molecule has 1 amide bonds. The number of piperidine rings is 1. The molecular formula is C13H25N3O. The van der Waals surface area contributed by atoms with Crippen LogP contribution in [0.5, 0.6) is 0 Å². The second kappa shape index (κ2) is 4.94. The molecule has 2 rings (SSSR count). The van der Waals surface area contributed by atoms with Gasteiger partial charge in [-0.15, -0.1) is 0 Å². The predicted octanol–water partition coefficient (Wildman–Crippen LogP) is 0.714. The Hall–Kier alpha value is -0.610. The molecule has 1 heterocycles. The Balaban J connectivity index is 1.70. The lowest BCUT2D eigenvalue weighted by Crippen LogP contribution is -2.52. The second-order valence-corrected chi connectivity index (χ2v) is 6.25. The Labute approximate surface area is 104 Å². The quantitative estimate of drug-likeness (QED) is 0.760. The van der Waals surface area contributed by atoms with Crippen LogP contribution in [-0.2, 0) is 4.79 Å². The maximum atomic E-state index is 11.6. The number of carbonyl (C=O) groups is 1. The minimum atomic E-state index is 0.172. The van der Waals surface area contributed by atoms with Gasteiger partial charge in [0, 0.05) is 31.6 Å². The van der Waals surface area contributed by atoms with Gasteiger partial charge in [-0.25, -0.2) is 0 Å². The molecule has 1 aliphatic carbocycles. The molecule has 1 unspecified atom stereocenters. The van der Waals surface area contributed by atoms with E-state index in [1.807, 2.05) is 0 Å². The third-order valence-electron chi connectivity index (χ3n) is 3.99. The third-order valence-corrected chi connectivity index (χ3v) is 3.99. The van der Waals surface area contributed by atoms with Crippen LogP contribution in [0.2, 0.25) is 0 Å². The number of nitrogens with zero attached hydrogens (tertiary/aromatic N) is 1. The molecule has 2 fully saturated rings. The fourth-order valence-electron chi connectivity index (χ4n) is 2.46. The molecule has 1 atom stereocenters. The van der Waals surface area contributed by atoms with E-state index in [9.17, 15) is 4.79 Å². The first kappa shape index (κ1) is 12.8. The zero-order valence-electron chi connectivity index (χ0n) is 11.0. The lowest BCUT2D eigenvalue weighted by Gasteiger charge is -2.42.